The number of amides is 2. The fourth-order valence-corrected chi connectivity index (χ4v) is 2.93. The fourth-order valence-electron chi connectivity index (χ4n) is 2.93. The molecule has 0 aliphatic rings. The first-order chi connectivity index (χ1) is 13.1. The SMILES string of the molecule is COc1ccc(CNC(=O)NCC(c2ccco2)n2nc(C)cc2C)cc1. The highest BCUT2D eigenvalue weighted by molar-refractivity contribution is 5.73. The maximum absolute atomic E-state index is 12.2. The molecule has 3 rings (SSSR count). The minimum Gasteiger partial charge on any atom is -0.497 e. The lowest BCUT2D eigenvalue weighted by Gasteiger charge is -2.18. The van der Waals surface area contributed by atoms with E-state index in [9.17, 15) is 4.79 Å². The zero-order valence-corrected chi connectivity index (χ0v) is 15.7. The molecular formula is C20H24N4O3. The van der Waals surface area contributed by atoms with Crippen molar-refractivity contribution in [1.82, 2.24) is 20.4 Å². The minimum absolute atomic E-state index is 0.208. The van der Waals surface area contributed by atoms with Gasteiger partial charge >= 0.3 is 6.03 Å². The van der Waals surface area contributed by atoms with Crippen molar-refractivity contribution >= 4 is 6.03 Å². The van der Waals surface area contributed by atoms with Crippen molar-refractivity contribution in [3.8, 4) is 5.75 Å². The van der Waals surface area contributed by atoms with Crippen LogP contribution in [0.5, 0.6) is 5.75 Å². The molecule has 27 heavy (non-hydrogen) atoms. The number of urea groups is 1. The van der Waals surface area contributed by atoms with Gasteiger partial charge in [-0.3, -0.25) is 4.68 Å². The first-order valence-corrected chi connectivity index (χ1v) is 8.77. The number of hydrogen-bond donors (Lipinski definition) is 2. The Morgan fingerprint density at radius 3 is 2.59 bits per heavy atom. The van der Waals surface area contributed by atoms with Gasteiger partial charge in [0.15, 0.2) is 0 Å². The molecule has 2 aromatic heterocycles. The average molecular weight is 368 g/mol. The predicted octanol–water partition coefficient (Wildman–Crippen LogP) is 3.19. The second kappa shape index (κ2) is 8.44. The van der Waals surface area contributed by atoms with Crippen molar-refractivity contribution in [2.24, 2.45) is 0 Å². The topological polar surface area (TPSA) is 81.3 Å². The zero-order valence-electron chi connectivity index (χ0n) is 15.7. The van der Waals surface area contributed by atoms with E-state index in [0.717, 1.165) is 28.5 Å². The van der Waals surface area contributed by atoms with E-state index in [1.54, 1.807) is 13.4 Å². The third-order valence-corrected chi connectivity index (χ3v) is 4.28. The third-order valence-electron chi connectivity index (χ3n) is 4.28. The number of furan rings is 1. The van der Waals surface area contributed by atoms with Crippen LogP contribution in [0.2, 0.25) is 0 Å². The van der Waals surface area contributed by atoms with Gasteiger partial charge in [0.2, 0.25) is 0 Å². The number of carbonyl (C=O) groups excluding carboxylic acids is 1. The summed E-state index contributed by atoms with van der Waals surface area (Å²) in [6.45, 7) is 4.72. The van der Waals surface area contributed by atoms with Crippen LogP contribution in [0.1, 0.15) is 28.8 Å². The Bertz CT molecular complexity index is 869. The van der Waals surface area contributed by atoms with Crippen LogP contribution in [-0.2, 0) is 6.54 Å². The Morgan fingerprint density at radius 1 is 1.22 bits per heavy atom. The van der Waals surface area contributed by atoms with Gasteiger partial charge in [0, 0.05) is 18.8 Å². The molecule has 0 radical (unpaired) electrons. The van der Waals surface area contributed by atoms with E-state index >= 15 is 0 Å². The van der Waals surface area contributed by atoms with Crippen LogP contribution in [-0.4, -0.2) is 29.5 Å². The summed E-state index contributed by atoms with van der Waals surface area (Å²) in [4.78, 5) is 12.2. The van der Waals surface area contributed by atoms with Gasteiger partial charge in [0.1, 0.15) is 17.6 Å². The van der Waals surface area contributed by atoms with Crippen LogP contribution in [0.15, 0.2) is 53.1 Å². The smallest absolute Gasteiger partial charge is 0.315 e. The van der Waals surface area contributed by atoms with Crippen molar-refractivity contribution < 1.29 is 13.9 Å². The van der Waals surface area contributed by atoms with Crippen molar-refractivity contribution in [3.63, 3.8) is 0 Å². The van der Waals surface area contributed by atoms with Crippen LogP contribution >= 0.6 is 0 Å². The number of aryl methyl sites for hydroxylation is 2. The number of rotatable bonds is 7. The summed E-state index contributed by atoms with van der Waals surface area (Å²) in [6.07, 6.45) is 1.62. The molecule has 0 saturated carbocycles. The molecule has 0 spiro atoms. The number of benzene rings is 1. The molecule has 0 bridgehead atoms. The van der Waals surface area contributed by atoms with Gasteiger partial charge in [-0.05, 0) is 49.7 Å². The molecule has 1 unspecified atom stereocenters. The van der Waals surface area contributed by atoms with Crippen LogP contribution in [0, 0.1) is 13.8 Å². The molecule has 1 aromatic carbocycles. The van der Waals surface area contributed by atoms with Crippen molar-refractivity contribution in [2.75, 3.05) is 13.7 Å². The lowest BCUT2D eigenvalue weighted by molar-refractivity contribution is 0.238. The quantitative estimate of drug-likeness (QED) is 0.671. The maximum atomic E-state index is 12.2. The second-order valence-electron chi connectivity index (χ2n) is 6.31. The lowest BCUT2D eigenvalue weighted by atomic mass is 10.2. The molecule has 7 heteroatoms. The van der Waals surface area contributed by atoms with Crippen molar-refractivity contribution in [1.29, 1.82) is 0 Å². The zero-order chi connectivity index (χ0) is 19.2. The molecule has 2 amide bonds. The summed E-state index contributed by atoms with van der Waals surface area (Å²) in [5, 5.41) is 10.3. The summed E-state index contributed by atoms with van der Waals surface area (Å²) in [7, 11) is 1.62. The van der Waals surface area contributed by atoms with E-state index in [1.165, 1.54) is 0 Å². The largest absolute Gasteiger partial charge is 0.497 e. The number of carbonyl (C=O) groups is 1. The number of hydrogen-bond acceptors (Lipinski definition) is 4. The van der Waals surface area contributed by atoms with Crippen molar-refractivity contribution in [2.45, 2.75) is 26.4 Å². The van der Waals surface area contributed by atoms with Crippen LogP contribution in [0.4, 0.5) is 4.79 Å². The van der Waals surface area contributed by atoms with Gasteiger partial charge in [-0.25, -0.2) is 4.79 Å². The van der Waals surface area contributed by atoms with E-state index in [0.29, 0.717) is 13.1 Å². The number of methoxy groups -OCH3 is 1. The van der Waals surface area contributed by atoms with E-state index in [2.05, 4.69) is 15.7 Å². The molecule has 2 N–H and O–H groups in total. The summed E-state index contributed by atoms with van der Waals surface area (Å²) in [5.41, 5.74) is 2.93. The van der Waals surface area contributed by atoms with Crippen LogP contribution in [0.25, 0.3) is 0 Å². The number of nitrogens with one attached hydrogen (secondary N) is 2. The van der Waals surface area contributed by atoms with E-state index in [-0.39, 0.29) is 12.1 Å². The number of aromatic nitrogens is 2. The van der Waals surface area contributed by atoms with E-state index < -0.39 is 0 Å². The molecular weight excluding hydrogens is 344 g/mol. The Balaban J connectivity index is 1.59. The third kappa shape index (κ3) is 4.69. The normalized spacial score (nSPS) is 11.8. The minimum atomic E-state index is -0.246. The van der Waals surface area contributed by atoms with Gasteiger partial charge < -0.3 is 19.8 Å². The highest BCUT2D eigenvalue weighted by Gasteiger charge is 2.20. The molecule has 142 valence electrons. The second-order valence-corrected chi connectivity index (χ2v) is 6.31. The molecule has 0 fully saturated rings. The fraction of sp³-hybridized carbons (Fsp3) is 0.300. The number of ether oxygens (including phenoxy) is 1. The first kappa shape index (κ1) is 18.6. The molecule has 3 aromatic rings. The Hall–Kier alpha value is -3.22. The molecule has 0 aliphatic carbocycles. The Labute approximate surface area is 158 Å². The van der Waals surface area contributed by atoms with Crippen LogP contribution in [0.3, 0.4) is 0 Å². The van der Waals surface area contributed by atoms with Gasteiger partial charge in [-0.2, -0.15) is 5.10 Å². The summed E-state index contributed by atoms with van der Waals surface area (Å²) in [5.74, 6) is 1.53. The average Bonchev–Trinajstić information content (AvgIpc) is 3.31. The van der Waals surface area contributed by atoms with Crippen molar-refractivity contribution in [3.05, 3.63) is 71.4 Å². The summed E-state index contributed by atoms with van der Waals surface area (Å²) >= 11 is 0. The first-order valence-electron chi connectivity index (χ1n) is 8.77. The van der Waals surface area contributed by atoms with Gasteiger partial charge in [-0.1, -0.05) is 12.1 Å². The molecule has 2 heterocycles. The van der Waals surface area contributed by atoms with Gasteiger partial charge in [0.25, 0.3) is 0 Å². The molecule has 0 saturated heterocycles. The standard InChI is InChI=1S/C20H24N4O3/c1-14-11-15(2)24(23-14)18(19-5-4-10-27-19)13-22-20(25)21-12-16-6-8-17(26-3)9-7-16/h4-11,18H,12-13H2,1-3H3,(H2,21,22,25). The molecule has 0 aliphatic heterocycles. The number of nitrogens with zero attached hydrogens (tertiary/aromatic N) is 2. The molecule has 7 nitrogen and oxygen atoms in total. The predicted molar refractivity (Wildman–Crippen MR) is 102 cm³/mol. The maximum Gasteiger partial charge on any atom is 0.315 e. The molecule has 1 atom stereocenters. The summed E-state index contributed by atoms with van der Waals surface area (Å²) in [6, 6.07) is 12.8. The monoisotopic (exact) mass is 368 g/mol. The Kier molecular flexibility index (Phi) is 5.80. The van der Waals surface area contributed by atoms with E-state index in [1.807, 2.05) is 61.0 Å². The van der Waals surface area contributed by atoms with Crippen LogP contribution < -0.4 is 15.4 Å². The Morgan fingerprint density at radius 2 is 2.00 bits per heavy atom. The lowest BCUT2D eigenvalue weighted by Crippen LogP contribution is -2.39. The van der Waals surface area contributed by atoms with Gasteiger partial charge in [-0.15, -0.1) is 0 Å². The highest BCUT2D eigenvalue weighted by atomic mass is 16.5. The van der Waals surface area contributed by atoms with Gasteiger partial charge in [0.05, 0.1) is 19.1 Å². The van der Waals surface area contributed by atoms with E-state index in [4.69, 9.17) is 9.15 Å². The highest BCUT2D eigenvalue weighted by Crippen LogP contribution is 2.20. The summed E-state index contributed by atoms with van der Waals surface area (Å²) < 4.78 is 12.6.